The molecular formula is C16H25ClN2. The topological polar surface area (TPSA) is 15.3 Å². The van der Waals surface area contributed by atoms with Crippen LogP contribution in [-0.2, 0) is 0 Å². The molecule has 0 radical (unpaired) electrons. The first-order valence-corrected chi connectivity index (χ1v) is 7.59. The quantitative estimate of drug-likeness (QED) is 0.901. The summed E-state index contributed by atoms with van der Waals surface area (Å²) in [5, 5.41) is 4.39. The zero-order valence-corrected chi connectivity index (χ0v) is 13.0. The second-order valence-electron chi connectivity index (χ2n) is 5.80. The Hall–Kier alpha value is -0.570. The molecule has 0 amide bonds. The molecule has 1 aromatic carbocycles. The van der Waals surface area contributed by atoms with Gasteiger partial charge in [-0.05, 0) is 45.6 Å². The molecule has 1 aliphatic rings. The van der Waals surface area contributed by atoms with E-state index in [1.807, 2.05) is 19.2 Å². The third-order valence-electron chi connectivity index (χ3n) is 4.65. The average Bonchev–Trinajstić information content (AvgIpc) is 2.42. The molecule has 1 aliphatic carbocycles. The minimum atomic E-state index is 0.179. The molecule has 1 aromatic rings. The first-order valence-electron chi connectivity index (χ1n) is 7.21. The fraction of sp³-hybridized carbons (Fsp3) is 0.625. The number of hydrogen-bond acceptors (Lipinski definition) is 2. The normalized spacial score (nSPS) is 20.5. The van der Waals surface area contributed by atoms with Gasteiger partial charge in [0.1, 0.15) is 0 Å². The Labute approximate surface area is 122 Å². The van der Waals surface area contributed by atoms with Crippen LogP contribution in [0.25, 0.3) is 0 Å². The number of hydrogen-bond donors (Lipinski definition) is 1. The Morgan fingerprint density at radius 3 is 2.32 bits per heavy atom. The van der Waals surface area contributed by atoms with Crippen LogP contribution in [0.2, 0.25) is 5.02 Å². The van der Waals surface area contributed by atoms with Gasteiger partial charge in [0.05, 0.1) is 6.04 Å². The molecule has 2 rings (SSSR count). The number of likely N-dealkylation sites (N-methyl/N-ethyl adjacent to an activating group) is 2. The van der Waals surface area contributed by atoms with E-state index in [1.54, 1.807) is 0 Å². The monoisotopic (exact) mass is 280 g/mol. The van der Waals surface area contributed by atoms with Gasteiger partial charge in [0.25, 0.3) is 0 Å². The molecule has 19 heavy (non-hydrogen) atoms. The van der Waals surface area contributed by atoms with Crippen molar-refractivity contribution >= 4 is 11.6 Å². The van der Waals surface area contributed by atoms with Crippen LogP contribution in [0, 0.1) is 0 Å². The third-order valence-corrected chi connectivity index (χ3v) is 5.00. The van der Waals surface area contributed by atoms with Crippen molar-refractivity contribution in [3.8, 4) is 0 Å². The molecule has 0 aromatic heterocycles. The fourth-order valence-corrected chi connectivity index (χ4v) is 3.83. The van der Waals surface area contributed by atoms with Gasteiger partial charge in [-0.15, -0.1) is 0 Å². The van der Waals surface area contributed by atoms with Crippen molar-refractivity contribution in [3.63, 3.8) is 0 Å². The van der Waals surface area contributed by atoms with Crippen LogP contribution in [0.15, 0.2) is 24.3 Å². The molecular weight excluding hydrogens is 256 g/mol. The molecule has 1 fully saturated rings. The number of halogens is 1. The third kappa shape index (κ3) is 2.81. The van der Waals surface area contributed by atoms with E-state index in [9.17, 15) is 0 Å². The lowest BCUT2D eigenvalue weighted by Gasteiger charge is -2.49. The van der Waals surface area contributed by atoms with E-state index in [0.29, 0.717) is 0 Å². The summed E-state index contributed by atoms with van der Waals surface area (Å²) in [4.78, 5) is 2.40. The summed E-state index contributed by atoms with van der Waals surface area (Å²) >= 11 is 6.43. The van der Waals surface area contributed by atoms with Crippen LogP contribution in [0.1, 0.15) is 43.7 Å². The van der Waals surface area contributed by atoms with E-state index in [0.717, 1.165) is 5.02 Å². The largest absolute Gasteiger partial charge is 0.311 e. The lowest BCUT2D eigenvalue weighted by molar-refractivity contribution is 0.0594. The van der Waals surface area contributed by atoms with Crippen molar-refractivity contribution in [2.45, 2.75) is 43.7 Å². The van der Waals surface area contributed by atoms with Gasteiger partial charge < -0.3 is 10.2 Å². The van der Waals surface area contributed by atoms with E-state index < -0.39 is 0 Å². The summed E-state index contributed by atoms with van der Waals surface area (Å²) in [6.45, 7) is 0. The van der Waals surface area contributed by atoms with Crippen molar-refractivity contribution in [3.05, 3.63) is 34.9 Å². The fourth-order valence-electron chi connectivity index (χ4n) is 3.58. The van der Waals surface area contributed by atoms with E-state index >= 15 is 0 Å². The summed E-state index contributed by atoms with van der Waals surface area (Å²) in [5.41, 5.74) is 1.40. The van der Waals surface area contributed by atoms with Crippen LogP contribution >= 0.6 is 11.6 Å². The van der Waals surface area contributed by atoms with Crippen LogP contribution in [0.4, 0.5) is 0 Å². The highest BCUT2D eigenvalue weighted by Crippen LogP contribution is 2.43. The number of rotatable bonds is 4. The average molecular weight is 281 g/mol. The molecule has 0 saturated heterocycles. The lowest BCUT2D eigenvalue weighted by atomic mass is 9.73. The van der Waals surface area contributed by atoms with E-state index in [2.05, 4.69) is 36.4 Å². The standard InChI is InChI=1S/C16H25ClN2/c1-18-15(13-9-5-6-10-14(13)17)16(19(2)3)11-7-4-8-12-16/h5-6,9-10,15,18H,4,7-8,11-12H2,1-3H3. The van der Waals surface area contributed by atoms with Crippen molar-refractivity contribution in [1.29, 1.82) is 0 Å². The smallest absolute Gasteiger partial charge is 0.0519 e. The number of nitrogens with one attached hydrogen (secondary N) is 1. The maximum Gasteiger partial charge on any atom is 0.0519 e. The predicted molar refractivity (Wildman–Crippen MR) is 82.8 cm³/mol. The zero-order valence-electron chi connectivity index (χ0n) is 12.2. The van der Waals surface area contributed by atoms with Gasteiger partial charge >= 0.3 is 0 Å². The summed E-state index contributed by atoms with van der Waals surface area (Å²) in [6, 6.07) is 8.52. The summed E-state index contributed by atoms with van der Waals surface area (Å²) < 4.78 is 0. The van der Waals surface area contributed by atoms with Crippen molar-refractivity contribution < 1.29 is 0 Å². The van der Waals surface area contributed by atoms with Crippen molar-refractivity contribution in [2.24, 2.45) is 0 Å². The van der Waals surface area contributed by atoms with Gasteiger partial charge in [-0.2, -0.15) is 0 Å². The van der Waals surface area contributed by atoms with Crippen molar-refractivity contribution in [2.75, 3.05) is 21.1 Å². The Morgan fingerprint density at radius 1 is 1.16 bits per heavy atom. The van der Waals surface area contributed by atoms with Gasteiger partial charge in [-0.1, -0.05) is 49.1 Å². The second-order valence-corrected chi connectivity index (χ2v) is 6.21. The van der Waals surface area contributed by atoms with E-state index in [-0.39, 0.29) is 11.6 Å². The molecule has 1 unspecified atom stereocenters. The Bertz CT molecular complexity index is 411. The SMILES string of the molecule is CNC(c1ccccc1Cl)C1(N(C)C)CCCCC1. The first-order chi connectivity index (χ1) is 9.12. The highest BCUT2D eigenvalue weighted by molar-refractivity contribution is 6.31. The van der Waals surface area contributed by atoms with E-state index in [1.165, 1.54) is 37.7 Å². The number of benzene rings is 1. The molecule has 2 nitrogen and oxygen atoms in total. The van der Waals surface area contributed by atoms with Gasteiger partial charge in [0.15, 0.2) is 0 Å². The molecule has 3 heteroatoms. The molecule has 0 spiro atoms. The minimum Gasteiger partial charge on any atom is -0.311 e. The molecule has 0 heterocycles. The van der Waals surface area contributed by atoms with Gasteiger partial charge in [-0.3, -0.25) is 0 Å². The number of nitrogens with zero attached hydrogens (tertiary/aromatic N) is 1. The molecule has 0 bridgehead atoms. The van der Waals surface area contributed by atoms with E-state index in [4.69, 9.17) is 11.6 Å². The van der Waals surface area contributed by atoms with Crippen molar-refractivity contribution in [1.82, 2.24) is 10.2 Å². The minimum absolute atomic E-state index is 0.179. The van der Waals surface area contributed by atoms with Crippen LogP contribution in [0.5, 0.6) is 0 Å². The van der Waals surface area contributed by atoms with Crippen LogP contribution in [-0.4, -0.2) is 31.6 Å². The lowest BCUT2D eigenvalue weighted by Crippen LogP contribution is -2.54. The summed E-state index contributed by atoms with van der Waals surface area (Å²) in [7, 11) is 6.45. The van der Waals surface area contributed by atoms with Gasteiger partial charge in [0, 0.05) is 10.6 Å². The van der Waals surface area contributed by atoms with Gasteiger partial charge in [-0.25, -0.2) is 0 Å². The molecule has 0 aliphatic heterocycles. The predicted octanol–water partition coefficient (Wildman–Crippen LogP) is 3.87. The highest BCUT2D eigenvalue weighted by atomic mass is 35.5. The Kier molecular flexibility index (Phi) is 4.88. The molecule has 1 atom stereocenters. The maximum absolute atomic E-state index is 6.43. The zero-order chi connectivity index (χ0) is 13.9. The second kappa shape index (κ2) is 6.25. The van der Waals surface area contributed by atoms with Crippen LogP contribution in [0.3, 0.4) is 0 Å². The molecule has 1 saturated carbocycles. The maximum atomic E-state index is 6.43. The first kappa shape index (κ1) is 14.8. The highest BCUT2D eigenvalue weighted by Gasteiger charge is 2.42. The molecule has 106 valence electrons. The Balaban J connectivity index is 2.40. The summed E-state index contributed by atoms with van der Waals surface area (Å²) in [5.74, 6) is 0. The van der Waals surface area contributed by atoms with Gasteiger partial charge in [0.2, 0.25) is 0 Å². The summed E-state index contributed by atoms with van der Waals surface area (Å²) in [6.07, 6.45) is 6.43. The Morgan fingerprint density at radius 2 is 1.79 bits per heavy atom. The molecule has 1 N–H and O–H groups in total. The van der Waals surface area contributed by atoms with Crippen LogP contribution < -0.4 is 5.32 Å².